The molecule has 1 aromatic carbocycles. The van der Waals surface area contributed by atoms with E-state index in [1.165, 1.54) is 0 Å². The van der Waals surface area contributed by atoms with Crippen LogP contribution in [0.15, 0.2) is 24.3 Å². The SMILES string of the molecule is C[C@H]1C[C@@H](C(=O)Nc2cccc(Cl)c2)CCN1.Cl. The molecule has 1 fully saturated rings. The van der Waals surface area contributed by atoms with Crippen molar-refractivity contribution in [2.24, 2.45) is 5.92 Å². The summed E-state index contributed by atoms with van der Waals surface area (Å²) in [6, 6.07) is 7.67. The van der Waals surface area contributed by atoms with Gasteiger partial charge in [-0.2, -0.15) is 0 Å². The molecule has 18 heavy (non-hydrogen) atoms. The van der Waals surface area contributed by atoms with Gasteiger partial charge in [0.2, 0.25) is 5.91 Å². The largest absolute Gasteiger partial charge is 0.326 e. The highest BCUT2D eigenvalue weighted by molar-refractivity contribution is 6.30. The minimum Gasteiger partial charge on any atom is -0.326 e. The molecule has 1 amide bonds. The molecule has 1 aliphatic rings. The summed E-state index contributed by atoms with van der Waals surface area (Å²) in [6.07, 6.45) is 1.79. The molecule has 3 nitrogen and oxygen atoms in total. The zero-order valence-electron chi connectivity index (χ0n) is 10.3. The molecular weight excluding hydrogens is 271 g/mol. The summed E-state index contributed by atoms with van der Waals surface area (Å²) >= 11 is 5.88. The number of anilines is 1. The Labute approximate surface area is 119 Å². The summed E-state index contributed by atoms with van der Waals surface area (Å²) < 4.78 is 0. The maximum Gasteiger partial charge on any atom is 0.227 e. The first-order valence-electron chi connectivity index (χ1n) is 5.95. The van der Waals surface area contributed by atoms with Crippen LogP contribution in [0.3, 0.4) is 0 Å². The van der Waals surface area contributed by atoms with Crippen molar-refractivity contribution in [3.63, 3.8) is 0 Å². The second-order valence-electron chi connectivity index (χ2n) is 4.58. The van der Waals surface area contributed by atoms with E-state index in [0.29, 0.717) is 11.1 Å². The van der Waals surface area contributed by atoms with Crippen molar-refractivity contribution in [2.45, 2.75) is 25.8 Å². The van der Waals surface area contributed by atoms with Gasteiger partial charge in [0, 0.05) is 22.7 Å². The number of hydrogen-bond donors (Lipinski definition) is 2. The Morgan fingerprint density at radius 3 is 2.94 bits per heavy atom. The Morgan fingerprint density at radius 2 is 2.28 bits per heavy atom. The fourth-order valence-corrected chi connectivity index (χ4v) is 2.37. The molecule has 1 saturated heterocycles. The van der Waals surface area contributed by atoms with E-state index in [4.69, 9.17) is 11.6 Å². The number of rotatable bonds is 2. The molecule has 0 unspecified atom stereocenters. The summed E-state index contributed by atoms with van der Waals surface area (Å²) in [6.45, 7) is 3.02. The number of benzene rings is 1. The van der Waals surface area contributed by atoms with Gasteiger partial charge in [0.25, 0.3) is 0 Å². The van der Waals surface area contributed by atoms with Crippen molar-refractivity contribution in [3.8, 4) is 0 Å². The van der Waals surface area contributed by atoms with Crippen LogP contribution in [0.2, 0.25) is 5.02 Å². The van der Waals surface area contributed by atoms with Crippen LogP contribution < -0.4 is 10.6 Å². The highest BCUT2D eigenvalue weighted by atomic mass is 35.5. The van der Waals surface area contributed by atoms with Gasteiger partial charge in [-0.25, -0.2) is 0 Å². The number of hydrogen-bond acceptors (Lipinski definition) is 2. The molecule has 2 N–H and O–H groups in total. The summed E-state index contributed by atoms with van der Waals surface area (Å²) in [5.74, 6) is 0.200. The van der Waals surface area contributed by atoms with Gasteiger partial charge in [-0.3, -0.25) is 4.79 Å². The third-order valence-electron chi connectivity index (χ3n) is 3.09. The Bertz CT molecular complexity index is 412. The first kappa shape index (κ1) is 15.3. The van der Waals surface area contributed by atoms with E-state index in [1.54, 1.807) is 12.1 Å². The quantitative estimate of drug-likeness (QED) is 0.878. The van der Waals surface area contributed by atoms with E-state index in [9.17, 15) is 4.79 Å². The molecule has 100 valence electrons. The van der Waals surface area contributed by atoms with Crippen LogP contribution in [0.5, 0.6) is 0 Å². The van der Waals surface area contributed by atoms with Crippen molar-refractivity contribution >= 4 is 35.6 Å². The van der Waals surface area contributed by atoms with Gasteiger partial charge in [-0.1, -0.05) is 17.7 Å². The first-order valence-corrected chi connectivity index (χ1v) is 6.33. The van der Waals surface area contributed by atoms with Crippen LogP contribution in [0.1, 0.15) is 19.8 Å². The summed E-state index contributed by atoms with van der Waals surface area (Å²) in [7, 11) is 0. The lowest BCUT2D eigenvalue weighted by Gasteiger charge is -2.27. The summed E-state index contributed by atoms with van der Waals surface area (Å²) in [5.41, 5.74) is 0.772. The third-order valence-corrected chi connectivity index (χ3v) is 3.32. The number of halogens is 2. The molecule has 0 spiro atoms. The van der Waals surface area contributed by atoms with Crippen LogP contribution in [0, 0.1) is 5.92 Å². The molecule has 1 aromatic rings. The highest BCUT2D eigenvalue weighted by Gasteiger charge is 2.24. The Morgan fingerprint density at radius 1 is 1.50 bits per heavy atom. The fraction of sp³-hybridized carbons (Fsp3) is 0.462. The minimum absolute atomic E-state index is 0. The van der Waals surface area contributed by atoms with Gasteiger partial charge in [-0.15, -0.1) is 12.4 Å². The Balaban J connectivity index is 0.00000162. The first-order chi connectivity index (χ1) is 8.15. The molecule has 0 bridgehead atoms. The zero-order chi connectivity index (χ0) is 12.3. The van der Waals surface area contributed by atoms with Crippen LogP contribution in [0.25, 0.3) is 0 Å². The minimum atomic E-state index is 0. The standard InChI is InChI=1S/C13H17ClN2O.ClH/c1-9-7-10(5-6-15-9)13(17)16-12-4-2-3-11(14)8-12;/h2-4,8-10,15H,5-7H2,1H3,(H,16,17);1H/t9-,10-;/m0./s1. The molecule has 0 aromatic heterocycles. The van der Waals surface area contributed by atoms with Crippen LogP contribution in [0.4, 0.5) is 5.69 Å². The zero-order valence-corrected chi connectivity index (χ0v) is 11.9. The van der Waals surface area contributed by atoms with Gasteiger partial charge < -0.3 is 10.6 Å². The lowest BCUT2D eigenvalue weighted by Crippen LogP contribution is -2.40. The highest BCUT2D eigenvalue weighted by Crippen LogP contribution is 2.20. The Kier molecular flexibility index (Phi) is 5.93. The lowest BCUT2D eigenvalue weighted by molar-refractivity contribution is -0.120. The average Bonchev–Trinajstić information content (AvgIpc) is 2.29. The van der Waals surface area contributed by atoms with Gasteiger partial charge in [-0.05, 0) is 44.5 Å². The van der Waals surface area contributed by atoms with Crippen molar-refractivity contribution < 1.29 is 4.79 Å². The van der Waals surface area contributed by atoms with E-state index < -0.39 is 0 Å². The van der Waals surface area contributed by atoms with Gasteiger partial charge in [0.1, 0.15) is 0 Å². The van der Waals surface area contributed by atoms with Crippen molar-refractivity contribution in [3.05, 3.63) is 29.3 Å². The van der Waals surface area contributed by atoms with Crippen LogP contribution in [-0.4, -0.2) is 18.5 Å². The van der Waals surface area contributed by atoms with Crippen molar-refractivity contribution in [1.29, 1.82) is 0 Å². The number of carbonyl (C=O) groups is 1. The summed E-state index contributed by atoms with van der Waals surface area (Å²) in [4.78, 5) is 12.0. The fourth-order valence-electron chi connectivity index (χ4n) is 2.18. The maximum atomic E-state index is 12.0. The van der Waals surface area contributed by atoms with Gasteiger partial charge in [0.15, 0.2) is 0 Å². The van der Waals surface area contributed by atoms with Crippen LogP contribution in [-0.2, 0) is 4.79 Å². The summed E-state index contributed by atoms with van der Waals surface area (Å²) in [5, 5.41) is 6.90. The Hall–Kier alpha value is -0.770. The maximum absolute atomic E-state index is 12.0. The predicted molar refractivity (Wildman–Crippen MR) is 77.5 cm³/mol. The molecule has 1 heterocycles. The lowest BCUT2D eigenvalue weighted by atomic mass is 9.92. The van der Waals surface area contributed by atoms with Crippen molar-refractivity contribution in [1.82, 2.24) is 5.32 Å². The van der Waals surface area contributed by atoms with Gasteiger partial charge in [0.05, 0.1) is 0 Å². The molecule has 0 saturated carbocycles. The normalized spacial score (nSPS) is 23.0. The number of nitrogens with one attached hydrogen (secondary N) is 2. The second-order valence-corrected chi connectivity index (χ2v) is 5.01. The molecule has 2 rings (SSSR count). The monoisotopic (exact) mass is 288 g/mol. The predicted octanol–water partition coefficient (Wildman–Crippen LogP) is 3.09. The third kappa shape index (κ3) is 4.16. The van der Waals surface area contributed by atoms with E-state index in [0.717, 1.165) is 25.1 Å². The number of piperidine rings is 1. The number of carbonyl (C=O) groups excluding carboxylic acids is 1. The van der Waals surface area contributed by atoms with E-state index >= 15 is 0 Å². The molecule has 5 heteroatoms. The topological polar surface area (TPSA) is 41.1 Å². The average molecular weight is 289 g/mol. The molecule has 0 radical (unpaired) electrons. The second kappa shape index (κ2) is 6.98. The molecule has 0 aliphatic carbocycles. The van der Waals surface area contributed by atoms with Gasteiger partial charge >= 0.3 is 0 Å². The van der Waals surface area contributed by atoms with E-state index in [-0.39, 0.29) is 24.2 Å². The smallest absolute Gasteiger partial charge is 0.227 e. The van der Waals surface area contributed by atoms with E-state index in [2.05, 4.69) is 17.6 Å². The molecule has 1 aliphatic heterocycles. The molecule has 2 atom stereocenters. The number of amides is 1. The molecular formula is C13H18Cl2N2O. The van der Waals surface area contributed by atoms with Crippen LogP contribution >= 0.6 is 24.0 Å². The van der Waals surface area contributed by atoms with E-state index in [1.807, 2.05) is 12.1 Å². The van der Waals surface area contributed by atoms with Crippen molar-refractivity contribution in [2.75, 3.05) is 11.9 Å².